The van der Waals surface area contributed by atoms with Crippen LogP contribution in [0.2, 0.25) is 10.0 Å². The number of halogens is 3. The van der Waals surface area contributed by atoms with Gasteiger partial charge in [0, 0.05) is 18.6 Å². The van der Waals surface area contributed by atoms with E-state index in [1.807, 2.05) is 0 Å². The summed E-state index contributed by atoms with van der Waals surface area (Å²) in [6.07, 6.45) is -0.689. The molecule has 0 unspecified atom stereocenters. The summed E-state index contributed by atoms with van der Waals surface area (Å²) in [6.45, 7) is 4.61. The second kappa shape index (κ2) is 13.2. The summed E-state index contributed by atoms with van der Waals surface area (Å²) in [5.41, 5.74) is 0. The van der Waals surface area contributed by atoms with Gasteiger partial charge in [0.05, 0.1) is 38.1 Å². The van der Waals surface area contributed by atoms with E-state index in [4.69, 9.17) is 49.0 Å². The molecule has 2 aromatic carbocycles. The predicted molar refractivity (Wildman–Crippen MR) is 139 cm³/mol. The molecule has 0 spiro atoms. The van der Waals surface area contributed by atoms with E-state index in [1.54, 1.807) is 13.8 Å². The lowest BCUT2D eigenvalue weighted by atomic mass is 10.2. The van der Waals surface area contributed by atoms with E-state index >= 15 is 0 Å². The summed E-state index contributed by atoms with van der Waals surface area (Å²) in [7, 11) is -7.13. The van der Waals surface area contributed by atoms with Crippen molar-refractivity contribution in [1.82, 2.24) is 0 Å². The Hall–Kier alpha value is -1.72. The Morgan fingerprint density at radius 3 is 1.83 bits per heavy atom. The molecule has 0 fully saturated rings. The van der Waals surface area contributed by atoms with E-state index < -0.39 is 31.7 Å². The Morgan fingerprint density at radius 2 is 1.42 bits per heavy atom. The predicted octanol–water partition coefficient (Wildman–Crippen LogP) is 4.83. The summed E-state index contributed by atoms with van der Waals surface area (Å²) in [4.78, 5) is 10.9. The number of hydrogen-bond donors (Lipinski definition) is 0. The molecule has 0 saturated heterocycles. The van der Waals surface area contributed by atoms with Crippen LogP contribution in [0.3, 0.4) is 0 Å². The molecule has 200 valence electrons. The fourth-order valence-electron chi connectivity index (χ4n) is 3.03. The molecule has 0 aliphatic heterocycles. The molecule has 0 N–H and O–H groups in total. The van der Waals surface area contributed by atoms with E-state index in [0.717, 1.165) is 0 Å². The van der Waals surface area contributed by atoms with Gasteiger partial charge in [-0.05, 0) is 36.4 Å². The van der Waals surface area contributed by atoms with Crippen molar-refractivity contribution in [2.75, 3.05) is 30.6 Å². The van der Waals surface area contributed by atoms with E-state index in [0.29, 0.717) is 0 Å². The first-order valence-electron chi connectivity index (χ1n) is 10.8. The zero-order chi connectivity index (χ0) is 27.1. The van der Waals surface area contributed by atoms with Crippen molar-refractivity contribution < 1.29 is 35.8 Å². The first kappa shape index (κ1) is 30.5. The lowest BCUT2D eigenvalue weighted by molar-refractivity contribution is -0.146. The van der Waals surface area contributed by atoms with Gasteiger partial charge >= 0.3 is 5.97 Å². The average Bonchev–Trinajstić information content (AvgIpc) is 2.80. The Balaban J connectivity index is 2.13. The maximum Gasteiger partial charge on any atom is 0.303 e. The van der Waals surface area contributed by atoms with Crippen molar-refractivity contribution in [2.45, 2.75) is 36.7 Å². The second-order valence-electron chi connectivity index (χ2n) is 8.00. The molecule has 0 radical (unpaired) electrons. The number of carbonyl (C=O) groups is 1. The lowest BCUT2D eigenvalue weighted by Crippen LogP contribution is -2.25. The van der Waals surface area contributed by atoms with Crippen LogP contribution in [-0.4, -0.2) is 59.5 Å². The summed E-state index contributed by atoms with van der Waals surface area (Å²) < 4.78 is 65.8. The molecule has 0 saturated carbocycles. The zero-order valence-corrected chi connectivity index (χ0v) is 23.8. The molecule has 0 aliphatic carbocycles. The molecule has 0 aliphatic rings. The fourth-order valence-corrected chi connectivity index (χ4v) is 6.29. The topological polar surface area (TPSA) is 113 Å². The van der Waals surface area contributed by atoms with Crippen LogP contribution < -0.4 is 9.47 Å². The van der Waals surface area contributed by atoms with Gasteiger partial charge in [0.15, 0.2) is 0 Å². The Labute approximate surface area is 226 Å². The third-order valence-corrected chi connectivity index (χ3v) is 9.50. The number of esters is 1. The van der Waals surface area contributed by atoms with Gasteiger partial charge in [0.1, 0.15) is 34.0 Å². The van der Waals surface area contributed by atoms with Gasteiger partial charge in [-0.3, -0.25) is 4.79 Å². The second-order valence-corrected chi connectivity index (χ2v) is 13.5. The molecule has 2 atom stereocenters. The van der Waals surface area contributed by atoms with Crippen LogP contribution in [0.5, 0.6) is 11.5 Å². The van der Waals surface area contributed by atoms with Crippen LogP contribution in [-0.2, 0) is 29.2 Å². The van der Waals surface area contributed by atoms with Gasteiger partial charge in [0.2, 0.25) is 9.84 Å². The van der Waals surface area contributed by atoms with Crippen LogP contribution >= 0.6 is 34.8 Å². The largest absolute Gasteiger partial charge is 0.492 e. The van der Waals surface area contributed by atoms with Gasteiger partial charge in [-0.2, -0.15) is 0 Å². The van der Waals surface area contributed by atoms with E-state index in [2.05, 4.69) is 0 Å². The summed E-state index contributed by atoms with van der Waals surface area (Å²) >= 11 is 18.2. The maximum atomic E-state index is 13.1. The molecule has 8 nitrogen and oxygen atoms in total. The zero-order valence-electron chi connectivity index (χ0n) is 19.9. The van der Waals surface area contributed by atoms with Crippen molar-refractivity contribution >= 4 is 60.4 Å². The molecule has 0 bridgehead atoms. The smallest absolute Gasteiger partial charge is 0.303 e. The number of alkyl halides is 1. The molecule has 2 rings (SSSR count). The minimum Gasteiger partial charge on any atom is -0.492 e. The Bertz CT molecular complexity index is 1280. The number of benzene rings is 2. The van der Waals surface area contributed by atoms with E-state index in [1.165, 1.54) is 43.3 Å². The number of hydrogen-bond acceptors (Lipinski definition) is 8. The molecular weight excluding hydrogens is 575 g/mol. The number of rotatable bonds is 13. The average molecular weight is 602 g/mol. The van der Waals surface area contributed by atoms with Gasteiger partial charge in [-0.25, -0.2) is 16.8 Å². The van der Waals surface area contributed by atoms with Crippen LogP contribution in [0.15, 0.2) is 46.2 Å². The quantitative estimate of drug-likeness (QED) is 0.237. The van der Waals surface area contributed by atoms with Crippen LogP contribution in [0.1, 0.15) is 20.8 Å². The van der Waals surface area contributed by atoms with Crippen molar-refractivity contribution in [3.05, 3.63) is 46.4 Å². The first-order valence-corrected chi connectivity index (χ1v) is 15.4. The summed E-state index contributed by atoms with van der Waals surface area (Å²) in [5, 5.41) is 0.0968. The third kappa shape index (κ3) is 8.69. The molecular formula is C23H27Cl3O8S2. The molecule has 2 aromatic rings. The van der Waals surface area contributed by atoms with Crippen LogP contribution in [0, 0.1) is 5.92 Å². The van der Waals surface area contributed by atoms with E-state index in [-0.39, 0.29) is 67.9 Å². The fraction of sp³-hybridized carbons (Fsp3) is 0.435. The van der Waals surface area contributed by atoms with Gasteiger partial charge in [-0.15, -0.1) is 11.6 Å². The summed E-state index contributed by atoms with van der Waals surface area (Å²) in [5.74, 6) is -0.314. The molecule has 13 heteroatoms. The third-order valence-electron chi connectivity index (χ3n) is 4.86. The highest BCUT2D eigenvalue weighted by molar-refractivity contribution is 7.91. The molecule has 36 heavy (non-hydrogen) atoms. The van der Waals surface area contributed by atoms with Gasteiger partial charge < -0.3 is 14.2 Å². The van der Waals surface area contributed by atoms with E-state index in [9.17, 15) is 21.6 Å². The number of carbonyl (C=O) groups excluding carboxylic acids is 1. The van der Waals surface area contributed by atoms with Crippen molar-refractivity contribution in [3.8, 4) is 11.5 Å². The molecule has 0 heterocycles. The van der Waals surface area contributed by atoms with Gasteiger partial charge in [-0.1, -0.05) is 37.0 Å². The highest BCUT2D eigenvalue weighted by Gasteiger charge is 2.22. The summed E-state index contributed by atoms with van der Waals surface area (Å²) in [6, 6.07) is 7.96. The van der Waals surface area contributed by atoms with Crippen LogP contribution in [0.4, 0.5) is 0 Å². The van der Waals surface area contributed by atoms with Crippen LogP contribution in [0.25, 0.3) is 0 Å². The first-order chi connectivity index (χ1) is 16.8. The number of sulfone groups is 2. The number of ether oxygens (including phenoxy) is 3. The standard InChI is InChI=1S/C23H27Cl3O8S2/c1-4-35(28,29)14-15(2)12-32-22-7-5-18(9-20(22)25)36(30,31)19-6-8-23(21(26)10-19)33-13-17(11-24)34-16(3)27/h5-10,15,17H,4,11-14H2,1-3H3/t15-,17-/m0/s1. The monoisotopic (exact) mass is 600 g/mol. The van der Waals surface area contributed by atoms with Crippen molar-refractivity contribution in [1.29, 1.82) is 0 Å². The minimum absolute atomic E-state index is 0.0148. The normalized spacial score (nSPS) is 13.6. The maximum absolute atomic E-state index is 13.1. The highest BCUT2D eigenvalue weighted by atomic mass is 35.5. The minimum atomic E-state index is -3.98. The lowest BCUT2D eigenvalue weighted by Gasteiger charge is -2.16. The molecule has 0 aromatic heterocycles. The van der Waals surface area contributed by atoms with Gasteiger partial charge in [0.25, 0.3) is 0 Å². The van der Waals surface area contributed by atoms with Crippen molar-refractivity contribution in [2.24, 2.45) is 5.92 Å². The van der Waals surface area contributed by atoms with Crippen molar-refractivity contribution in [3.63, 3.8) is 0 Å². The SMILES string of the molecule is CCS(=O)(=O)C[C@@H](C)COc1ccc(S(=O)(=O)c2ccc(OC[C@H](CCl)OC(C)=O)c(Cl)c2)cc1Cl. The Morgan fingerprint density at radius 1 is 0.917 bits per heavy atom. The molecule has 0 amide bonds. The Kier molecular flexibility index (Phi) is 11.2. The highest BCUT2D eigenvalue weighted by Crippen LogP contribution is 2.33.